The van der Waals surface area contributed by atoms with Crippen molar-refractivity contribution in [1.82, 2.24) is 10.2 Å². The fraction of sp³-hybridized carbons (Fsp3) is 0.600. The second kappa shape index (κ2) is 6.25. The molecule has 1 aliphatic heterocycles. The summed E-state index contributed by atoms with van der Waals surface area (Å²) in [6, 6.07) is 6.17. The highest BCUT2D eigenvalue weighted by molar-refractivity contribution is 9.10. The summed E-state index contributed by atoms with van der Waals surface area (Å²) < 4.78 is 6.46. The van der Waals surface area contributed by atoms with E-state index in [1.807, 2.05) is 6.07 Å². The van der Waals surface area contributed by atoms with E-state index in [4.69, 9.17) is 4.74 Å². The van der Waals surface area contributed by atoms with Crippen molar-refractivity contribution >= 4 is 15.9 Å². The number of methoxy groups -OCH3 is 1. The first-order chi connectivity index (χ1) is 9.06. The number of piperidine rings is 1. The van der Waals surface area contributed by atoms with Gasteiger partial charge in [0.2, 0.25) is 0 Å². The third-order valence-corrected chi connectivity index (χ3v) is 4.98. The molecule has 1 N–H and O–H groups in total. The molecule has 19 heavy (non-hydrogen) atoms. The second-order valence-electron chi connectivity index (χ2n) is 5.54. The molecule has 0 spiro atoms. The Hall–Kier alpha value is -0.580. The Kier molecular flexibility index (Phi) is 4.87. The number of halogens is 1. The van der Waals surface area contributed by atoms with Crippen LogP contribution in [0.4, 0.5) is 0 Å². The van der Waals surface area contributed by atoms with Crippen LogP contribution in [0.2, 0.25) is 0 Å². The van der Waals surface area contributed by atoms with Crippen LogP contribution < -0.4 is 10.1 Å². The topological polar surface area (TPSA) is 24.5 Å². The van der Waals surface area contributed by atoms with Gasteiger partial charge in [0, 0.05) is 29.6 Å². The number of nitrogens with one attached hydrogen (secondary N) is 1. The standard InChI is InChI=1S/C15H23BrN2O/c1-15(17-2)6-8-18(9-7-15)11-12-10-13(19-3)4-5-14(12)16/h4-5,10,17H,6-9,11H2,1-3H3. The van der Waals surface area contributed by atoms with Crippen LogP contribution in [0.5, 0.6) is 5.75 Å². The lowest BCUT2D eigenvalue weighted by Crippen LogP contribution is -2.49. The fourth-order valence-electron chi connectivity index (χ4n) is 2.49. The maximum absolute atomic E-state index is 5.30. The molecular formula is C15H23BrN2O. The van der Waals surface area contributed by atoms with Crippen molar-refractivity contribution in [3.63, 3.8) is 0 Å². The molecule has 0 saturated carbocycles. The van der Waals surface area contributed by atoms with E-state index in [-0.39, 0.29) is 0 Å². The van der Waals surface area contributed by atoms with Gasteiger partial charge >= 0.3 is 0 Å². The Balaban J connectivity index is 1.99. The quantitative estimate of drug-likeness (QED) is 0.920. The number of benzene rings is 1. The van der Waals surface area contributed by atoms with E-state index in [1.54, 1.807) is 7.11 Å². The number of hydrogen-bond acceptors (Lipinski definition) is 3. The number of ether oxygens (including phenoxy) is 1. The van der Waals surface area contributed by atoms with E-state index in [9.17, 15) is 0 Å². The molecule has 1 saturated heterocycles. The summed E-state index contributed by atoms with van der Waals surface area (Å²) in [7, 11) is 3.78. The number of nitrogens with zero attached hydrogens (tertiary/aromatic N) is 1. The fourth-order valence-corrected chi connectivity index (χ4v) is 2.87. The van der Waals surface area contributed by atoms with Crippen LogP contribution in [0.1, 0.15) is 25.3 Å². The van der Waals surface area contributed by atoms with Crippen LogP contribution >= 0.6 is 15.9 Å². The molecule has 0 unspecified atom stereocenters. The van der Waals surface area contributed by atoms with Crippen LogP contribution in [0.3, 0.4) is 0 Å². The van der Waals surface area contributed by atoms with Gasteiger partial charge < -0.3 is 10.1 Å². The Bertz CT molecular complexity index is 428. The van der Waals surface area contributed by atoms with E-state index < -0.39 is 0 Å². The normalized spacial score (nSPS) is 19.4. The maximum atomic E-state index is 5.30. The van der Waals surface area contributed by atoms with Crippen molar-refractivity contribution in [2.45, 2.75) is 31.8 Å². The predicted octanol–water partition coefficient (Wildman–Crippen LogP) is 3.03. The molecule has 1 aromatic carbocycles. The van der Waals surface area contributed by atoms with Crippen molar-refractivity contribution < 1.29 is 4.74 Å². The van der Waals surface area contributed by atoms with Gasteiger partial charge in [-0.2, -0.15) is 0 Å². The van der Waals surface area contributed by atoms with Crippen molar-refractivity contribution in [2.24, 2.45) is 0 Å². The molecule has 1 aliphatic rings. The number of rotatable bonds is 4. The molecule has 3 nitrogen and oxygen atoms in total. The molecule has 2 rings (SSSR count). The van der Waals surface area contributed by atoms with Gasteiger partial charge in [0.05, 0.1) is 7.11 Å². The molecule has 106 valence electrons. The average Bonchev–Trinajstić information content (AvgIpc) is 2.44. The molecule has 1 aromatic rings. The Labute approximate surface area is 124 Å². The summed E-state index contributed by atoms with van der Waals surface area (Å²) in [5, 5.41) is 3.44. The Morgan fingerprint density at radius 1 is 1.37 bits per heavy atom. The average molecular weight is 327 g/mol. The zero-order chi connectivity index (χ0) is 13.9. The second-order valence-corrected chi connectivity index (χ2v) is 6.40. The van der Waals surface area contributed by atoms with Gasteiger partial charge in [0.15, 0.2) is 0 Å². The summed E-state index contributed by atoms with van der Waals surface area (Å²) in [5.74, 6) is 0.926. The summed E-state index contributed by atoms with van der Waals surface area (Å²) in [6.07, 6.45) is 2.40. The van der Waals surface area contributed by atoms with E-state index in [2.05, 4.69) is 52.3 Å². The summed E-state index contributed by atoms with van der Waals surface area (Å²) in [6.45, 7) is 5.57. The minimum atomic E-state index is 0.308. The van der Waals surface area contributed by atoms with Crippen molar-refractivity contribution in [3.05, 3.63) is 28.2 Å². The van der Waals surface area contributed by atoms with E-state index in [0.29, 0.717) is 5.54 Å². The van der Waals surface area contributed by atoms with Gasteiger partial charge in [-0.05, 0) is 50.6 Å². The maximum Gasteiger partial charge on any atom is 0.119 e. The number of likely N-dealkylation sites (tertiary alicyclic amines) is 1. The van der Waals surface area contributed by atoms with Gasteiger partial charge in [-0.3, -0.25) is 4.90 Å². The SMILES string of the molecule is CNC1(C)CCN(Cc2cc(OC)ccc2Br)CC1. The van der Waals surface area contributed by atoms with Crippen LogP contribution in [0.15, 0.2) is 22.7 Å². The highest BCUT2D eigenvalue weighted by Crippen LogP contribution is 2.27. The molecule has 0 radical (unpaired) electrons. The summed E-state index contributed by atoms with van der Waals surface area (Å²) in [4.78, 5) is 2.51. The molecule has 0 aromatic heterocycles. The van der Waals surface area contributed by atoms with Crippen LogP contribution in [-0.2, 0) is 6.54 Å². The third kappa shape index (κ3) is 3.71. The van der Waals surface area contributed by atoms with Crippen molar-refractivity contribution in [2.75, 3.05) is 27.2 Å². The molecule has 0 amide bonds. The molecule has 4 heteroatoms. The van der Waals surface area contributed by atoms with E-state index in [0.717, 1.165) is 29.9 Å². The van der Waals surface area contributed by atoms with Gasteiger partial charge in [-0.1, -0.05) is 15.9 Å². The summed E-state index contributed by atoms with van der Waals surface area (Å²) >= 11 is 3.63. The zero-order valence-electron chi connectivity index (χ0n) is 12.0. The van der Waals surface area contributed by atoms with Crippen molar-refractivity contribution in [3.8, 4) is 5.75 Å². The van der Waals surface area contributed by atoms with Gasteiger partial charge in [-0.25, -0.2) is 0 Å². The molecule has 0 aliphatic carbocycles. The van der Waals surface area contributed by atoms with E-state index in [1.165, 1.54) is 18.4 Å². The largest absolute Gasteiger partial charge is 0.497 e. The first kappa shape index (κ1) is 14.8. The minimum Gasteiger partial charge on any atom is -0.497 e. The van der Waals surface area contributed by atoms with Gasteiger partial charge in [0.25, 0.3) is 0 Å². The first-order valence-corrected chi connectivity index (χ1v) is 7.59. The molecule has 1 heterocycles. The highest BCUT2D eigenvalue weighted by atomic mass is 79.9. The van der Waals surface area contributed by atoms with Gasteiger partial charge in [0.1, 0.15) is 5.75 Å². The smallest absolute Gasteiger partial charge is 0.119 e. The Morgan fingerprint density at radius 3 is 2.63 bits per heavy atom. The zero-order valence-corrected chi connectivity index (χ0v) is 13.6. The molecular weight excluding hydrogens is 304 g/mol. The molecule has 1 fully saturated rings. The molecule has 0 atom stereocenters. The lowest BCUT2D eigenvalue weighted by atomic mass is 9.90. The van der Waals surface area contributed by atoms with Crippen molar-refractivity contribution in [1.29, 1.82) is 0 Å². The molecule has 0 bridgehead atoms. The Morgan fingerprint density at radius 2 is 2.05 bits per heavy atom. The van der Waals surface area contributed by atoms with Gasteiger partial charge in [-0.15, -0.1) is 0 Å². The van der Waals surface area contributed by atoms with Crippen LogP contribution in [-0.4, -0.2) is 37.7 Å². The highest BCUT2D eigenvalue weighted by Gasteiger charge is 2.28. The summed E-state index contributed by atoms with van der Waals surface area (Å²) in [5.41, 5.74) is 1.61. The monoisotopic (exact) mass is 326 g/mol. The minimum absolute atomic E-state index is 0.308. The third-order valence-electron chi connectivity index (χ3n) is 4.21. The number of hydrogen-bond donors (Lipinski definition) is 1. The van der Waals surface area contributed by atoms with Crippen LogP contribution in [0, 0.1) is 0 Å². The van der Waals surface area contributed by atoms with E-state index >= 15 is 0 Å². The van der Waals surface area contributed by atoms with Crippen LogP contribution in [0.25, 0.3) is 0 Å². The first-order valence-electron chi connectivity index (χ1n) is 6.80. The lowest BCUT2D eigenvalue weighted by Gasteiger charge is -2.39. The lowest BCUT2D eigenvalue weighted by molar-refractivity contribution is 0.146. The predicted molar refractivity (Wildman–Crippen MR) is 82.7 cm³/mol.